The Morgan fingerprint density at radius 1 is 1.03 bits per heavy atom. The van der Waals surface area contributed by atoms with Crippen molar-refractivity contribution >= 4 is 34.5 Å². The number of benzene rings is 1. The number of fused-ring (bicyclic) bond motifs is 1. The van der Waals surface area contributed by atoms with Gasteiger partial charge in [0.05, 0.1) is 16.9 Å². The number of alkyl halides is 3. The molecule has 2 fully saturated rings. The molecule has 1 aromatic carbocycles. The van der Waals surface area contributed by atoms with Gasteiger partial charge in [-0.05, 0) is 56.2 Å². The van der Waals surface area contributed by atoms with Gasteiger partial charge in [0.25, 0.3) is 0 Å². The van der Waals surface area contributed by atoms with E-state index in [9.17, 15) is 13.2 Å². The molecule has 0 amide bonds. The molecule has 3 aromatic rings. The zero-order chi connectivity index (χ0) is 26.7. The van der Waals surface area contributed by atoms with Crippen molar-refractivity contribution in [2.75, 3.05) is 23.7 Å². The molecule has 0 unspecified atom stereocenters. The fourth-order valence-corrected chi connectivity index (χ4v) is 5.63. The lowest BCUT2D eigenvalue weighted by Crippen LogP contribution is -2.33. The Bertz CT molecular complexity index is 1230. The molecule has 5 N–H and O–H groups in total. The van der Waals surface area contributed by atoms with Crippen molar-refractivity contribution in [1.82, 2.24) is 24.8 Å². The summed E-state index contributed by atoms with van der Waals surface area (Å²) in [4.78, 5) is 14.3. The Morgan fingerprint density at radius 3 is 2.53 bits per heavy atom. The Morgan fingerprint density at radius 2 is 1.79 bits per heavy atom. The molecule has 2 aromatic heterocycles. The number of hydrogen-bond acceptors (Lipinski definition) is 7. The number of nitrogens with two attached hydrogens (primary N) is 1. The van der Waals surface area contributed by atoms with Crippen LogP contribution in [-0.2, 0) is 12.7 Å². The molecule has 206 valence electrons. The number of nitrogens with zero attached hydrogens (tertiary/aromatic N) is 4. The van der Waals surface area contributed by atoms with E-state index in [2.05, 4.69) is 25.5 Å². The smallest absolute Gasteiger partial charge is 0.367 e. The van der Waals surface area contributed by atoms with Crippen LogP contribution in [0.1, 0.15) is 68.5 Å². The lowest BCUT2D eigenvalue weighted by atomic mass is 9.92. The average molecular weight is 551 g/mol. The van der Waals surface area contributed by atoms with Crippen molar-refractivity contribution in [3.05, 3.63) is 40.7 Å². The number of rotatable bonds is 9. The Kier molecular flexibility index (Phi) is 8.25. The maximum atomic E-state index is 13.1. The molecular formula is C26H34ClF3N8. The van der Waals surface area contributed by atoms with Crippen molar-refractivity contribution in [3.63, 3.8) is 0 Å². The van der Waals surface area contributed by atoms with Gasteiger partial charge in [0, 0.05) is 37.8 Å². The molecule has 5 rings (SSSR count). The van der Waals surface area contributed by atoms with Crippen LogP contribution in [0.15, 0.2) is 24.5 Å². The third-order valence-electron chi connectivity index (χ3n) is 7.50. The topological polar surface area (TPSA) is 106 Å². The van der Waals surface area contributed by atoms with Gasteiger partial charge in [-0.1, -0.05) is 30.5 Å². The van der Waals surface area contributed by atoms with Gasteiger partial charge in [-0.3, -0.25) is 0 Å². The van der Waals surface area contributed by atoms with Crippen molar-refractivity contribution in [2.45, 2.75) is 82.2 Å². The molecule has 38 heavy (non-hydrogen) atoms. The standard InChI is InChI=1S/C26H34ClF3N8/c27-21-10-5-16(13-20(21)26(28,29)30)14-32-11-12-33-23-22-24(38(15-34-22)19-3-1-2-4-19)37-25(36-23)35-18-8-6-17(31)7-9-18/h5,10,13,15,17-19,32H,1-4,6-9,11-12,14,31H2,(H2,33,35,36,37). The van der Waals surface area contributed by atoms with E-state index >= 15 is 0 Å². The third kappa shape index (κ3) is 6.32. The average Bonchev–Trinajstić information content (AvgIpc) is 3.55. The minimum absolute atomic E-state index is 0.262. The lowest BCUT2D eigenvalue weighted by molar-refractivity contribution is -0.137. The molecule has 2 aliphatic carbocycles. The molecule has 0 spiro atoms. The first-order valence-electron chi connectivity index (χ1n) is 13.3. The van der Waals surface area contributed by atoms with Gasteiger partial charge in [-0.15, -0.1) is 0 Å². The molecule has 0 aliphatic heterocycles. The second-order valence-corrected chi connectivity index (χ2v) is 10.7. The fraction of sp³-hybridized carbons (Fsp3) is 0.577. The summed E-state index contributed by atoms with van der Waals surface area (Å²) in [6.45, 7) is 1.32. The van der Waals surface area contributed by atoms with Crippen molar-refractivity contribution in [1.29, 1.82) is 0 Å². The highest BCUT2D eigenvalue weighted by Gasteiger charge is 2.33. The number of halogens is 4. The number of imidazole rings is 1. The van der Waals surface area contributed by atoms with E-state index in [0.717, 1.165) is 55.8 Å². The van der Waals surface area contributed by atoms with Gasteiger partial charge >= 0.3 is 6.18 Å². The predicted molar refractivity (Wildman–Crippen MR) is 143 cm³/mol. The number of anilines is 2. The normalized spacial score (nSPS) is 20.8. The van der Waals surface area contributed by atoms with Crippen LogP contribution in [0.2, 0.25) is 5.02 Å². The van der Waals surface area contributed by atoms with E-state index in [1.54, 1.807) is 6.07 Å². The molecule has 0 atom stereocenters. The van der Waals surface area contributed by atoms with E-state index in [-0.39, 0.29) is 23.7 Å². The van der Waals surface area contributed by atoms with Gasteiger partial charge in [-0.25, -0.2) is 4.98 Å². The highest BCUT2D eigenvalue weighted by molar-refractivity contribution is 6.31. The minimum atomic E-state index is -4.48. The highest BCUT2D eigenvalue weighted by Crippen LogP contribution is 2.35. The molecule has 2 heterocycles. The van der Waals surface area contributed by atoms with Crippen LogP contribution in [0.4, 0.5) is 24.9 Å². The van der Waals surface area contributed by atoms with Crippen LogP contribution < -0.4 is 21.7 Å². The van der Waals surface area contributed by atoms with E-state index in [0.29, 0.717) is 36.5 Å². The van der Waals surface area contributed by atoms with Crippen LogP contribution in [0.5, 0.6) is 0 Å². The summed E-state index contributed by atoms with van der Waals surface area (Å²) in [6.07, 6.45) is 5.96. The summed E-state index contributed by atoms with van der Waals surface area (Å²) in [5.74, 6) is 1.23. The maximum Gasteiger partial charge on any atom is 0.417 e. The molecule has 0 saturated heterocycles. The summed E-state index contributed by atoms with van der Waals surface area (Å²) in [5.41, 5.74) is 7.30. The van der Waals surface area contributed by atoms with Gasteiger partial charge < -0.3 is 26.3 Å². The van der Waals surface area contributed by atoms with Crippen molar-refractivity contribution in [3.8, 4) is 0 Å². The largest absolute Gasteiger partial charge is 0.417 e. The van der Waals surface area contributed by atoms with E-state index < -0.39 is 11.7 Å². The second-order valence-electron chi connectivity index (χ2n) is 10.3. The Labute approximate surface area is 225 Å². The van der Waals surface area contributed by atoms with E-state index in [1.807, 2.05) is 6.33 Å². The maximum absolute atomic E-state index is 13.1. The number of nitrogens with one attached hydrogen (secondary N) is 3. The van der Waals surface area contributed by atoms with Gasteiger partial charge in [-0.2, -0.15) is 23.1 Å². The van der Waals surface area contributed by atoms with Gasteiger partial charge in [0.2, 0.25) is 5.95 Å². The van der Waals surface area contributed by atoms with Gasteiger partial charge in [0.15, 0.2) is 17.0 Å². The first-order valence-corrected chi connectivity index (χ1v) is 13.7. The zero-order valence-electron chi connectivity index (χ0n) is 21.2. The molecule has 0 radical (unpaired) electrons. The summed E-state index contributed by atoms with van der Waals surface area (Å²) < 4.78 is 41.6. The zero-order valence-corrected chi connectivity index (χ0v) is 22.0. The Balaban J connectivity index is 1.26. The molecule has 12 heteroatoms. The lowest BCUT2D eigenvalue weighted by Gasteiger charge is -2.27. The monoisotopic (exact) mass is 550 g/mol. The van der Waals surface area contributed by atoms with Gasteiger partial charge in [0.1, 0.15) is 0 Å². The predicted octanol–water partition coefficient (Wildman–Crippen LogP) is 5.50. The van der Waals surface area contributed by atoms with Crippen LogP contribution >= 0.6 is 11.6 Å². The quantitative estimate of drug-likeness (QED) is 0.261. The first-order chi connectivity index (χ1) is 18.3. The minimum Gasteiger partial charge on any atom is -0.367 e. The summed E-state index contributed by atoms with van der Waals surface area (Å²) in [5, 5.41) is 9.75. The summed E-state index contributed by atoms with van der Waals surface area (Å²) >= 11 is 5.72. The van der Waals surface area contributed by atoms with Crippen LogP contribution in [0, 0.1) is 0 Å². The molecule has 2 saturated carbocycles. The van der Waals surface area contributed by atoms with Crippen LogP contribution in [0.3, 0.4) is 0 Å². The Hall–Kier alpha value is -2.63. The fourth-order valence-electron chi connectivity index (χ4n) is 5.40. The second kappa shape index (κ2) is 11.6. The highest BCUT2D eigenvalue weighted by atomic mass is 35.5. The first kappa shape index (κ1) is 27.0. The third-order valence-corrected chi connectivity index (χ3v) is 7.83. The molecule has 8 nitrogen and oxygen atoms in total. The van der Waals surface area contributed by atoms with Crippen LogP contribution in [0.25, 0.3) is 11.2 Å². The number of aromatic nitrogens is 4. The van der Waals surface area contributed by atoms with E-state index in [4.69, 9.17) is 27.3 Å². The SMILES string of the molecule is NC1CCC(Nc2nc(NCCNCc3ccc(Cl)c(C(F)(F)F)c3)c3ncn(C4CCCC4)c3n2)CC1. The summed E-state index contributed by atoms with van der Waals surface area (Å²) in [6, 6.07) is 4.90. The summed E-state index contributed by atoms with van der Waals surface area (Å²) in [7, 11) is 0. The van der Waals surface area contributed by atoms with Crippen molar-refractivity contribution < 1.29 is 13.2 Å². The molecular weight excluding hydrogens is 517 g/mol. The molecule has 2 aliphatic rings. The molecule has 0 bridgehead atoms. The van der Waals surface area contributed by atoms with Crippen LogP contribution in [-0.4, -0.2) is 44.7 Å². The van der Waals surface area contributed by atoms with Crippen molar-refractivity contribution in [2.24, 2.45) is 5.73 Å². The van der Waals surface area contributed by atoms with E-state index in [1.165, 1.54) is 18.9 Å². The number of hydrogen-bond donors (Lipinski definition) is 4.